The average Bonchev–Trinajstić information content (AvgIpc) is 2.36. The largest absolute Gasteiger partial charge is 0.352 e. The lowest BCUT2D eigenvalue weighted by molar-refractivity contribution is -0.385. The number of benzene rings is 1. The van der Waals surface area contributed by atoms with Gasteiger partial charge in [-0.3, -0.25) is 14.9 Å². The second-order valence-corrected chi connectivity index (χ2v) is 5.09. The molecule has 0 heterocycles. The van der Waals surface area contributed by atoms with Crippen molar-refractivity contribution in [3.05, 3.63) is 39.4 Å². The van der Waals surface area contributed by atoms with Gasteiger partial charge in [0, 0.05) is 24.7 Å². The minimum absolute atomic E-state index is 0.0600. The molecular weight excluding hydrogens is 246 g/mol. The Morgan fingerprint density at radius 3 is 2.63 bits per heavy atom. The number of carbonyl (C=O) groups excluding carboxylic acids is 1. The van der Waals surface area contributed by atoms with E-state index in [4.69, 9.17) is 5.73 Å². The van der Waals surface area contributed by atoms with E-state index in [0.29, 0.717) is 5.56 Å². The topological polar surface area (TPSA) is 98.3 Å². The Morgan fingerprint density at radius 2 is 2.11 bits per heavy atom. The quantitative estimate of drug-likeness (QED) is 0.622. The Morgan fingerprint density at radius 1 is 1.47 bits per heavy atom. The maximum Gasteiger partial charge on any atom is 0.272 e. The highest BCUT2D eigenvalue weighted by Crippen LogP contribution is 2.21. The zero-order chi connectivity index (χ0) is 14.6. The van der Waals surface area contributed by atoms with Crippen molar-refractivity contribution in [2.75, 3.05) is 6.54 Å². The Labute approximate surface area is 112 Å². The van der Waals surface area contributed by atoms with Crippen molar-refractivity contribution < 1.29 is 9.72 Å². The van der Waals surface area contributed by atoms with Crippen LogP contribution in [0.25, 0.3) is 0 Å². The van der Waals surface area contributed by atoms with Gasteiger partial charge in [0.2, 0.25) is 5.91 Å². The molecule has 0 aromatic heterocycles. The third kappa shape index (κ3) is 3.51. The highest BCUT2D eigenvalue weighted by atomic mass is 16.6. The summed E-state index contributed by atoms with van der Waals surface area (Å²) in [6.07, 6.45) is 0. The molecule has 0 atom stereocenters. The van der Waals surface area contributed by atoms with Crippen LogP contribution in [0.3, 0.4) is 0 Å². The molecule has 0 saturated carbocycles. The third-order valence-electron chi connectivity index (χ3n) is 3.18. The third-order valence-corrected chi connectivity index (χ3v) is 3.18. The lowest BCUT2D eigenvalue weighted by atomic mass is 9.92. The molecule has 1 rings (SSSR count). The van der Waals surface area contributed by atoms with E-state index in [1.807, 2.05) is 0 Å². The summed E-state index contributed by atoms with van der Waals surface area (Å²) in [5.41, 5.74) is 6.24. The number of amides is 1. The van der Waals surface area contributed by atoms with E-state index in [1.165, 1.54) is 6.07 Å². The zero-order valence-corrected chi connectivity index (χ0v) is 11.4. The fraction of sp³-hybridized carbons (Fsp3) is 0.462. The summed E-state index contributed by atoms with van der Waals surface area (Å²) in [4.78, 5) is 22.3. The minimum Gasteiger partial charge on any atom is -0.352 e. The molecule has 0 bridgehead atoms. The van der Waals surface area contributed by atoms with Gasteiger partial charge in [-0.1, -0.05) is 12.1 Å². The van der Waals surface area contributed by atoms with Crippen molar-refractivity contribution in [3.8, 4) is 0 Å². The highest BCUT2D eigenvalue weighted by Gasteiger charge is 2.25. The smallest absolute Gasteiger partial charge is 0.272 e. The summed E-state index contributed by atoms with van der Waals surface area (Å²) in [7, 11) is 0. The first-order valence-corrected chi connectivity index (χ1v) is 6.01. The van der Waals surface area contributed by atoms with E-state index >= 15 is 0 Å². The van der Waals surface area contributed by atoms with Gasteiger partial charge in [-0.15, -0.1) is 0 Å². The number of nitrogens with one attached hydrogen (secondary N) is 1. The van der Waals surface area contributed by atoms with Gasteiger partial charge in [-0.05, 0) is 26.3 Å². The Balaban J connectivity index is 2.82. The molecule has 0 fully saturated rings. The van der Waals surface area contributed by atoms with Gasteiger partial charge >= 0.3 is 0 Å². The van der Waals surface area contributed by atoms with Crippen LogP contribution in [0.2, 0.25) is 0 Å². The number of nitrogens with zero attached hydrogens (tertiary/aromatic N) is 1. The summed E-state index contributed by atoms with van der Waals surface area (Å²) in [6.45, 7) is 5.68. The van der Waals surface area contributed by atoms with Gasteiger partial charge in [0.1, 0.15) is 0 Å². The summed E-state index contributed by atoms with van der Waals surface area (Å²) < 4.78 is 0. The maximum atomic E-state index is 11.9. The van der Waals surface area contributed by atoms with Gasteiger partial charge in [0.15, 0.2) is 0 Å². The van der Waals surface area contributed by atoms with Crippen molar-refractivity contribution in [2.45, 2.75) is 27.3 Å². The summed E-state index contributed by atoms with van der Waals surface area (Å²) in [5, 5.41) is 13.6. The lowest BCUT2D eigenvalue weighted by Gasteiger charge is -2.21. The van der Waals surface area contributed by atoms with E-state index in [-0.39, 0.29) is 24.7 Å². The fourth-order valence-electron chi connectivity index (χ4n) is 1.57. The highest BCUT2D eigenvalue weighted by molar-refractivity contribution is 5.82. The van der Waals surface area contributed by atoms with Crippen LogP contribution in [0.4, 0.5) is 5.69 Å². The van der Waals surface area contributed by atoms with Crippen molar-refractivity contribution in [1.82, 2.24) is 5.32 Å². The first-order valence-electron chi connectivity index (χ1n) is 6.01. The Bertz CT molecular complexity index is 498. The van der Waals surface area contributed by atoms with E-state index in [2.05, 4.69) is 5.32 Å². The maximum absolute atomic E-state index is 11.9. The number of nitro benzene ring substituents is 1. The summed E-state index contributed by atoms with van der Waals surface area (Å²) in [5.74, 6) is -0.166. The first-order chi connectivity index (χ1) is 8.79. The van der Waals surface area contributed by atoms with E-state index in [9.17, 15) is 14.9 Å². The number of nitrogens with two attached hydrogens (primary N) is 1. The van der Waals surface area contributed by atoms with Gasteiger partial charge in [-0.2, -0.15) is 0 Å². The number of nitro groups is 1. The van der Waals surface area contributed by atoms with Crippen LogP contribution in [-0.4, -0.2) is 17.4 Å². The SMILES string of the molecule is Cc1c(CNC(=O)C(C)(C)CN)cccc1[N+](=O)[O-]. The average molecular weight is 265 g/mol. The zero-order valence-electron chi connectivity index (χ0n) is 11.4. The van der Waals surface area contributed by atoms with Crippen molar-refractivity contribution in [2.24, 2.45) is 11.1 Å². The Hall–Kier alpha value is -1.95. The van der Waals surface area contributed by atoms with Crippen LogP contribution in [0.15, 0.2) is 18.2 Å². The molecule has 0 aliphatic carbocycles. The predicted octanol–water partition coefficient (Wildman–Crippen LogP) is 1.50. The molecule has 0 spiro atoms. The molecule has 1 aromatic carbocycles. The molecule has 0 saturated heterocycles. The standard InChI is InChI=1S/C13H19N3O3/c1-9-10(5-4-6-11(9)16(18)19)7-15-12(17)13(2,3)8-14/h4-6H,7-8,14H2,1-3H3,(H,15,17). The van der Waals surface area contributed by atoms with Crippen molar-refractivity contribution >= 4 is 11.6 Å². The number of hydrogen-bond donors (Lipinski definition) is 2. The van der Waals surface area contributed by atoms with Crippen LogP contribution in [0.1, 0.15) is 25.0 Å². The van der Waals surface area contributed by atoms with Crippen LogP contribution >= 0.6 is 0 Å². The molecule has 104 valence electrons. The van der Waals surface area contributed by atoms with Gasteiger partial charge in [-0.25, -0.2) is 0 Å². The molecule has 0 aliphatic heterocycles. The molecule has 0 radical (unpaired) electrons. The van der Waals surface area contributed by atoms with Crippen LogP contribution in [0.5, 0.6) is 0 Å². The normalized spacial score (nSPS) is 11.2. The molecule has 6 nitrogen and oxygen atoms in total. The molecular formula is C13H19N3O3. The van der Waals surface area contributed by atoms with Gasteiger partial charge in [0.05, 0.1) is 10.3 Å². The molecule has 1 amide bonds. The van der Waals surface area contributed by atoms with Crippen LogP contribution < -0.4 is 11.1 Å². The summed E-state index contributed by atoms with van der Waals surface area (Å²) in [6, 6.07) is 4.82. The molecule has 1 aromatic rings. The number of rotatable bonds is 5. The molecule has 3 N–H and O–H groups in total. The second-order valence-electron chi connectivity index (χ2n) is 5.09. The first kappa shape index (κ1) is 15.1. The molecule has 0 aliphatic rings. The molecule has 0 unspecified atom stereocenters. The lowest BCUT2D eigenvalue weighted by Crippen LogP contribution is -2.41. The van der Waals surface area contributed by atoms with E-state index in [1.54, 1.807) is 32.9 Å². The Kier molecular flexibility index (Phi) is 4.61. The van der Waals surface area contributed by atoms with Crippen LogP contribution in [-0.2, 0) is 11.3 Å². The van der Waals surface area contributed by atoms with Gasteiger partial charge in [0.25, 0.3) is 5.69 Å². The predicted molar refractivity (Wildman–Crippen MR) is 72.5 cm³/mol. The van der Waals surface area contributed by atoms with Crippen LogP contribution in [0, 0.1) is 22.5 Å². The number of carbonyl (C=O) groups is 1. The van der Waals surface area contributed by atoms with E-state index in [0.717, 1.165) is 5.56 Å². The molecule has 19 heavy (non-hydrogen) atoms. The van der Waals surface area contributed by atoms with Crippen molar-refractivity contribution in [1.29, 1.82) is 0 Å². The fourth-order valence-corrected chi connectivity index (χ4v) is 1.57. The van der Waals surface area contributed by atoms with Crippen molar-refractivity contribution in [3.63, 3.8) is 0 Å². The minimum atomic E-state index is -0.644. The van der Waals surface area contributed by atoms with Gasteiger partial charge < -0.3 is 11.1 Å². The number of hydrogen-bond acceptors (Lipinski definition) is 4. The summed E-state index contributed by atoms with van der Waals surface area (Å²) >= 11 is 0. The van der Waals surface area contributed by atoms with E-state index < -0.39 is 10.3 Å². The second kappa shape index (κ2) is 5.79. The monoisotopic (exact) mass is 265 g/mol. The molecule has 6 heteroatoms.